The van der Waals surface area contributed by atoms with E-state index in [9.17, 15) is 19.8 Å². The maximum atomic E-state index is 12.2. The molecule has 0 bridgehead atoms. The van der Waals surface area contributed by atoms with Gasteiger partial charge in [0.15, 0.2) is 24.8 Å². The third-order valence-electron chi connectivity index (χ3n) is 6.52. The molecule has 3 fully saturated rings. The minimum atomic E-state index is -1.40. The zero-order valence-electron chi connectivity index (χ0n) is 23.0. The Morgan fingerprint density at radius 3 is 1.18 bits per heavy atom. The average Bonchev–Trinajstić information content (AvgIpc) is 2.96. The quantitative estimate of drug-likeness (QED) is 0.327. The van der Waals surface area contributed by atoms with E-state index >= 15 is 0 Å². The molecule has 0 spiro atoms. The maximum Gasteiger partial charge on any atom is 0.337 e. The molecule has 3 rings (SSSR count). The second-order valence-corrected chi connectivity index (χ2v) is 8.92. The van der Waals surface area contributed by atoms with Crippen molar-refractivity contribution in [3.63, 3.8) is 0 Å². The van der Waals surface area contributed by atoms with E-state index in [1.807, 2.05) is 0 Å². The molecule has 16 nitrogen and oxygen atoms in total. The highest BCUT2D eigenvalue weighted by molar-refractivity contribution is 5.76. The number of rotatable bonds is 4. The lowest BCUT2D eigenvalue weighted by Gasteiger charge is -2.43. The van der Waals surface area contributed by atoms with Crippen LogP contribution in [-0.4, -0.2) is 165 Å². The van der Waals surface area contributed by atoms with Gasteiger partial charge in [0.25, 0.3) is 0 Å². The highest BCUT2D eigenvalue weighted by Gasteiger charge is 2.51. The number of hydrogen-bond donors (Lipinski definition) is 2. The first-order valence-electron chi connectivity index (χ1n) is 12.9. The Kier molecular flexibility index (Phi) is 13.8. The lowest BCUT2D eigenvalue weighted by Crippen LogP contribution is -2.62. The summed E-state index contributed by atoms with van der Waals surface area (Å²) in [5.74, 6) is -1.56. The molecular weight excluding hydrogens is 544 g/mol. The largest absolute Gasteiger partial charge is 0.467 e. The number of ether oxygens (including phenoxy) is 12. The molecule has 40 heavy (non-hydrogen) atoms. The van der Waals surface area contributed by atoms with Crippen molar-refractivity contribution >= 4 is 11.9 Å². The van der Waals surface area contributed by atoms with E-state index in [1.165, 1.54) is 28.4 Å². The zero-order chi connectivity index (χ0) is 29.1. The van der Waals surface area contributed by atoms with Gasteiger partial charge in [0.1, 0.15) is 36.6 Å². The molecule has 0 aromatic carbocycles. The Balaban J connectivity index is 1.67. The SMILES string of the molecule is COC(=O)[C@H]1O[C@H](OC)[C@@H]2OCCOCCO[C@H]3[C@H](O)[C@@H](C(=O)OC)O[C@H](OC)[C@@H]3OCCOCCO[C@H]2[C@@H]1O. The zero-order valence-corrected chi connectivity index (χ0v) is 23.0. The van der Waals surface area contributed by atoms with E-state index in [-0.39, 0.29) is 52.9 Å². The van der Waals surface area contributed by atoms with Crippen LogP contribution in [0, 0.1) is 0 Å². The van der Waals surface area contributed by atoms with Crippen molar-refractivity contribution in [2.75, 3.05) is 81.3 Å². The van der Waals surface area contributed by atoms with Crippen LogP contribution in [0.4, 0.5) is 0 Å². The van der Waals surface area contributed by atoms with Crippen LogP contribution in [0.2, 0.25) is 0 Å². The number of aliphatic hydroxyl groups is 2. The topological polar surface area (TPSA) is 185 Å². The molecular formula is C24H40O16. The van der Waals surface area contributed by atoms with E-state index in [0.717, 1.165) is 0 Å². The van der Waals surface area contributed by atoms with Gasteiger partial charge < -0.3 is 67.1 Å². The predicted molar refractivity (Wildman–Crippen MR) is 128 cm³/mol. The Hall–Kier alpha value is -1.54. The van der Waals surface area contributed by atoms with Crippen molar-refractivity contribution in [3.8, 4) is 0 Å². The first-order valence-corrected chi connectivity index (χ1v) is 12.9. The van der Waals surface area contributed by atoms with Crippen molar-refractivity contribution in [2.24, 2.45) is 0 Å². The summed E-state index contributed by atoms with van der Waals surface area (Å²) in [5, 5.41) is 21.6. The minimum absolute atomic E-state index is 0.0287. The van der Waals surface area contributed by atoms with Gasteiger partial charge in [0.2, 0.25) is 0 Å². The van der Waals surface area contributed by atoms with Gasteiger partial charge in [-0.3, -0.25) is 0 Å². The van der Waals surface area contributed by atoms with Crippen molar-refractivity contribution in [1.29, 1.82) is 0 Å². The summed E-state index contributed by atoms with van der Waals surface area (Å²) < 4.78 is 66.0. The number of esters is 2. The van der Waals surface area contributed by atoms with Crippen LogP contribution in [0.1, 0.15) is 0 Å². The second kappa shape index (κ2) is 16.8. The molecule has 0 aromatic heterocycles. The maximum absolute atomic E-state index is 12.2. The summed E-state index contributed by atoms with van der Waals surface area (Å²) in [6.45, 7) is 0.608. The second-order valence-electron chi connectivity index (χ2n) is 8.92. The van der Waals surface area contributed by atoms with E-state index in [2.05, 4.69) is 0 Å². The predicted octanol–water partition coefficient (Wildman–Crippen LogP) is -2.62. The van der Waals surface area contributed by atoms with Crippen LogP contribution in [0.25, 0.3) is 0 Å². The fourth-order valence-electron chi connectivity index (χ4n) is 4.56. The molecule has 2 N–H and O–H groups in total. The molecule has 0 aliphatic carbocycles. The number of fused-ring (bicyclic) bond motifs is 2. The van der Waals surface area contributed by atoms with Gasteiger partial charge in [-0.1, -0.05) is 0 Å². The standard InChI is InChI=1S/C24H40O16/c1-29-21(27)17-13(25)15-19(23(31-3)39-17)37-11-7-34-6-10-36-16-14(26)18(22(28)30-2)40-24(32-4)20(16)38-12-8-33-5-9-35-15/h13-20,23-26H,5-12H2,1-4H3/t13-,14-,15-,16-,17-,18-,19+,20+,23-,24-/m0/s1. The molecule has 3 aliphatic heterocycles. The summed E-state index contributed by atoms with van der Waals surface area (Å²) in [6.07, 6.45) is -11.4. The van der Waals surface area contributed by atoms with Crippen LogP contribution >= 0.6 is 0 Å². The van der Waals surface area contributed by atoms with Crippen LogP contribution in [-0.2, 0) is 66.4 Å². The lowest BCUT2D eigenvalue weighted by molar-refractivity contribution is -0.309. The first-order chi connectivity index (χ1) is 19.4. The van der Waals surface area contributed by atoms with Crippen LogP contribution in [0.15, 0.2) is 0 Å². The summed E-state index contributed by atoms with van der Waals surface area (Å²) in [6, 6.07) is 0. The number of carbonyl (C=O) groups is 2. The molecule has 10 atom stereocenters. The number of methoxy groups -OCH3 is 4. The third-order valence-corrected chi connectivity index (χ3v) is 6.52. The van der Waals surface area contributed by atoms with Crippen LogP contribution in [0.5, 0.6) is 0 Å². The van der Waals surface area contributed by atoms with Crippen LogP contribution in [0.3, 0.4) is 0 Å². The molecule has 3 aliphatic rings. The monoisotopic (exact) mass is 584 g/mol. The minimum Gasteiger partial charge on any atom is -0.467 e. The van der Waals surface area contributed by atoms with Crippen molar-refractivity contribution in [2.45, 2.75) is 61.4 Å². The fourth-order valence-corrected chi connectivity index (χ4v) is 4.56. The molecule has 3 heterocycles. The Bertz CT molecular complexity index is 707. The van der Waals surface area contributed by atoms with Gasteiger partial charge in [-0.2, -0.15) is 0 Å². The fraction of sp³-hybridized carbons (Fsp3) is 0.917. The Morgan fingerprint density at radius 2 is 0.875 bits per heavy atom. The molecule has 16 heteroatoms. The molecule has 0 saturated carbocycles. The van der Waals surface area contributed by atoms with Gasteiger partial charge in [0, 0.05) is 14.2 Å². The van der Waals surface area contributed by atoms with Crippen molar-refractivity contribution in [3.05, 3.63) is 0 Å². The molecule has 232 valence electrons. The van der Waals surface area contributed by atoms with E-state index < -0.39 is 73.4 Å². The highest BCUT2D eigenvalue weighted by atomic mass is 16.7. The van der Waals surface area contributed by atoms with Gasteiger partial charge >= 0.3 is 11.9 Å². The van der Waals surface area contributed by atoms with Crippen molar-refractivity contribution < 1.29 is 76.6 Å². The molecule has 0 radical (unpaired) electrons. The Morgan fingerprint density at radius 1 is 0.550 bits per heavy atom. The number of carbonyl (C=O) groups excluding carboxylic acids is 2. The van der Waals surface area contributed by atoms with Gasteiger partial charge in [-0.15, -0.1) is 0 Å². The molecule has 0 amide bonds. The smallest absolute Gasteiger partial charge is 0.337 e. The Labute approximate surface area is 231 Å². The highest BCUT2D eigenvalue weighted by Crippen LogP contribution is 2.29. The lowest BCUT2D eigenvalue weighted by atomic mass is 9.98. The number of hydrogen-bond acceptors (Lipinski definition) is 16. The summed E-state index contributed by atoms with van der Waals surface area (Å²) in [7, 11) is 5.10. The number of aliphatic hydroxyl groups excluding tert-OH is 2. The van der Waals surface area contributed by atoms with E-state index in [4.69, 9.17) is 56.8 Å². The molecule has 3 saturated heterocycles. The van der Waals surface area contributed by atoms with E-state index in [0.29, 0.717) is 0 Å². The van der Waals surface area contributed by atoms with Gasteiger partial charge in [-0.05, 0) is 0 Å². The molecule has 0 unspecified atom stereocenters. The van der Waals surface area contributed by atoms with Gasteiger partial charge in [0.05, 0.1) is 67.1 Å². The van der Waals surface area contributed by atoms with Gasteiger partial charge in [-0.25, -0.2) is 9.59 Å². The van der Waals surface area contributed by atoms with Crippen LogP contribution < -0.4 is 0 Å². The molecule has 0 aromatic rings. The normalized spacial score (nSPS) is 39.0. The summed E-state index contributed by atoms with van der Waals surface area (Å²) in [4.78, 5) is 24.3. The third kappa shape index (κ3) is 8.27. The first kappa shape index (κ1) is 33.0. The summed E-state index contributed by atoms with van der Waals surface area (Å²) >= 11 is 0. The average molecular weight is 585 g/mol. The van der Waals surface area contributed by atoms with E-state index in [1.54, 1.807) is 0 Å². The van der Waals surface area contributed by atoms with Crippen molar-refractivity contribution in [1.82, 2.24) is 0 Å². The summed E-state index contributed by atoms with van der Waals surface area (Å²) in [5.41, 5.74) is 0.